The quantitative estimate of drug-likeness (QED) is 0.551. The molecule has 0 saturated carbocycles. The number of hydrazine groups is 1. The largest absolute Gasteiger partial charge is 0.472 e. The number of benzene rings is 2. The van der Waals surface area contributed by atoms with Gasteiger partial charge in [-0.3, -0.25) is 11.3 Å². The molecular weight excluding hydrogens is 248 g/mol. The minimum Gasteiger partial charge on any atom is -0.472 e. The fourth-order valence-corrected chi connectivity index (χ4v) is 2.62. The molecule has 1 aromatic heterocycles. The highest BCUT2D eigenvalue weighted by Crippen LogP contribution is 2.20. The van der Waals surface area contributed by atoms with Gasteiger partial charge in [0.25, 0.3) is 0 Å². The fraction of sp³-hybridized carbons (Fsp3) is 0.176. The SMILES string of the molecule is NNC(Cc1ccoc1)Cc1cccc2ccccc12. The van der Waals surface area contributed by atoms with Crippen molar-refractivity contribution in [2.75, 3.05) is 0 Å². The number of furan rings is 1. The Balaban J connectivity index is 1.84. The number of nitrogens with one attached hydrogen (secondary N) is 1. The van der Waals surface area contributed by atoms with Gasteiger partial charge in [0.05, 0.1) is 12.5 Å². The van der Waals surface area contributed by atoms with Gasteiger partial charge in [-0.1, -0.05) is 42.5 Å². The van der Waals surface area contributed by atoms with E-state index in [2.05, 4.69) is 47.9 Å². The van der Waals surface area contributed by atoms with Crippen molar-refractivity contribution in [3.05, 3.63) is 72.2 Å². The Bertz CT molecular complexity index is 671. The molecule has 3 heteroatoms. The van der Waals surface area contributed by atoms with E-state index in [-0.39, 0.29) is 6.04 Å². The van der Waals surface area contributed by atoms with Crippen molar-refractivity contribution in [1.82, 2.24) is 5.43 Å². The third-order valence-corrected chi connectivity index (χ3v) is 3.64. The predicted molar refractivity (Wildman–Crippen MR) is 81.2 cm³/mol. The first-order chi connectivity index (χ1) is 9.86. The van der Waals surface area contributed by atoms with E-state index in [9.17, 15) is 0 Å². The summed E-state index contributed by atoms with van der Waals surface area (Å²) in [6.45, 7) is 0. The lowest BCUT2D eigenvalue weighted by molar-refractivity contribution is 0.515. The Morgan fingerprint density at radius 3 is 2.65 bits per heavy atom. The molecule has 1 unspecified atom stereocenters. The molecule has 1 atom stereocenters. The monoisotopic (exact) mass is 266 g/mol. The number of nitrogens with two attached hydrogens (primary N) is 1. The maximum atomic E-state index is 5.70. The zero-order valence-electron chi connectivity index (χ0n) is 11.3. The van der Waals surface area contributed by atoms with E-state index < -0.39 is 0 Å². The zero-order chi connectivity index (χ0) is 13.8. The van der Waals surface area contributed by atoms with Crippen LogP contribution in [-0.4, -0.2) is 6.04 Å². The number of fused-ring (bicyclic) bond motifs is 1. The molecule has 0 radical (unpaired) electrons. The first kappa shape index (κ1) is 12.9. The van der Waals surface area contributed by atoms with Crippen LogP contribution in [0.4, 0.5) is 0 Å². The van der Waals surface area contributed by atoms with Crippen LogP contribution in [-0.2, 0) is 12.8 Å². The molecule has 3 nitrogen and oxygen atoms in total. The summed E-state index contributed by atoms with van der Waals surface area (Å²) >= 11 is 0. The van der Waals surface area contributed by atoms with Crippen molar-refractivity contribution in [2.45, 2.75) is 18.9 Å². The lowest BCUT2D eigenvalue weighted by atomic mass is 9.96. The summed E-state index contributed by atoms with van der Waals surface area (Å²) in [7, 11) is 0. The molecule has 0 aliphatic carbocycles. The van der Waals surface area contributed by atoms with Gasteiger partial charge in [0.1, 0.15) is 0 Å². The predicted octanol–water partition coefficient (Wildman–Crippen LogP) is 3.05. The average molecular weight is 266 g/mol. The Morgan fingerprint density at radius 1 is 1.00 bits per heavy atom. The molecule has 3 aromatic rings. The standard InChI is InChI=1S/C17H18N2O/c18-19-16(10-13-8-9-20-12-13)11-15-6-3-5-14-4-1-2-7-17(14)15/h1-9,12,16,19H,10-11,18H2. The zero-order valence-corrected chi connectivity index (χ0v) is 11.3. The molecule has 0 fully saturated rings. The Hall–Kier alpha value is -2.10. The first-order valence-electron chi connectivity index (χ1n) is 6.80. The maximum absolute atomic E-state index is 5.70. The second-order valence-corrected chi connectivity index (χ2v) is 5.04. The fourth-order valence-electron chi connectivity index (χ4n) is 2.62. The highest BCUT2D eigenvalue weighted by atomic mass is 16.3. The van der Waals surface area contributed by atoms with Gasteiger partial charge in [0.15, 0.2) is 0 Å². The number of hydrogen-bond donors (Lipinski definition) is 2. The van der Waals surface area contributed by atoms with Crippen LogP contribution in [0.2, 0.25) is 0 Å². The summed E-state index contributed by atoms with van der Waals surface area (Å²) in [4.78, 5) is 0. The lowest BCUT2D eigenvalue weighted by Gasteiger charge is -2.16. The molecule has 2 aromatic carbocycles. The van der Waals surface area contributed by atoms with Crippen molar-refractivity contribution < 1.29 is 4.42 Å². The van der Waals surface area contributed by atoms with Crippen LogP contribution in [0.15, 0.2) is 65.5 Å². The van der Waals surface area contributed by atoms with E-state index in [4.69, 9.17) is 10.3 Å². The van der Waals surface area contributed by atoms with Crippen LogP contribution in [0, 0.1) is 0 Å². The molecule has 0 aliphatic rings. The topological polar surface area (TPSA) is 51.2 Å². The molecule has 0 amide bonds. The van der Waals surface area contributed by atoms with Gasteiger partial charge >= 0.3 is 0 Å². The minimum atomic E-state index is 0.193. The van der Waals surface area contributed by atoms with E-state index in [1.807, 2.05) is 6.07 Å². The van der Waals surface area contributed by atoms with Crippen molar-refractivity contribution in [3.63, 3.8) is 0 Å². The van der Waals surface area contributed by atoms with E-state index >= 15 is 0 Å². The van der Waals surface area contributed by atoms with Crippen molar-refractivity contribution in [2.24, 2.45) is 5.84 Å². The highest BCUT2D eigenvalue weighted by molar-refractivity contribution is 5.85. The summed E-state index contributed by atoms with van der Waals surface area (Å²) in [5, 5.41) is 2.56. The molecule has 0 aliphatic heterocycles. The Labute approximate surface area is 118 Å². The van der Waals surface area contributed by atoms with E-state index in [0.29, 0.717) is 0 Å². The normalized spacial score (nSPS) is 12.7. The third-order valence-electron chi connectivity index (χ3n) is 3.64. The van der Waals surface area contributed by atoms with Crippen molar-refractivity contribution in [3.8, 4) is 0 Å². The van der Waals surface area contributed by atoms with Crippen LogP contribution >= 0.6 is 0 Å². The first-order valence-corrected chi connectivity index (χ1v) is 6.80. The summed E-state index contributed by atoms with van der Waals surface area (Å²) in [6.07, 6.45) is 5.22. The van der Waals surface area contributed by atoms with Crippen molar-refractivity contribution >= 4 is 10.8 Å². The molecule has 0 spiro atoms. The lowest BCUT2D eigenvalue weighted by Crippen LogP contribution is -2.38. The van der Waals surface area contributed by atoms with Gasteiger partial charge in [0, 0.05) is 6.04 Å². The molecule has 3 N–H and O–H groups in total. The van der Waals surface area contributed by atoms with Crippen LogP contribution in [0.3, 0.4) is 0 Å². The van der Waals surface area contributed by atoms with E-state index in [1.54, 1.807) is 12.5 Å². The second kappa shape index (κ2) is 5.90. The van der Waals surface area contributed by atoms with Gasteiger partial charge in [-0.15, -0.1) is 0 Å². The molecule has 20 heavy (non-hydrogen) atoms. The van der Waals surface area contributed by atoms with Gasteiger partial charge in [-0.25, -0.2) is 0 Å². The third kappa shape index (κ3) is 2.74. The summed E-state index contributed by atoms with van der Waals surface area (Å²) in [6, 6.07) is 17.0. The Kier molecular flexibility index (Phi) is 3.81. The number of rotatable bonds is 5. The smallest absolute Gasteiger partial charge is 0.0935 e. The number of hydrogen-bond acceptors (Lipinski definition) is 3. The molecule has 3 rings (SSSR count). The molecule has 102 valence electrons. The van der Waals surface area contributed by atoms with Gasteiger partial charge in [-0.05, 0) is 40.8 Å². The summed E-state index contributed by atoms with van der Waals surface area (Å²) in [5.41, 5.74) is 5.39. The van der Waals surface area contributed by atoms with Crippen LogP contribution < -0.4 is 11.3 Å². The van der Waals surface area contributed by atoms with E-state index in [0.717, 1.165) is 18.4 Å². The molecular formula is C17H18N2O. The van der Waals surface area contributed by atoms with Crippen LogP contribution in [0.25, 0.3) is 10.8 Å². The van der Waals surface area contributed by atoms with E-state index in [1.165, 1.54) is 16.3 Å². The average Bonchev–Trinajstić information content (AvgIpc) is 3.00. The molecule has 0 saturated heterocycles. The molecule has 1 heterocycles. The Morgan fingerprint density at radius 2 is 1.85 bits per heavy atom. The summed E-state index contributed by atoms with van der Waals surface area (Å²) < 4.78 is 5.11. The highest BCUT2D eigenvalue weighted by Gasteiger charge is 2.11. The van der Waals surface area contributed by atoms with Crippen molar-refractivity contribution in [1.29, 1.82) is 0 Å². The van der Waals surface area contributed by atoms with Crippen LogP contribution in [0.1, 0.15) is 11.1 Å². The maximum Gasteiger partial charge on any atom is 0.0935 e. The second-order valence-electron chi connectivity index (χ2n) is 5.04. The minimum absolute atomic E-state index is 0.193. The van der Waals surface area contributed by atoms with Gasteiger partial charge in [0.2, 0.25) is 0 Å². The molecule has 0 bridgehead atoms. The van der Waals surface area contributed by atoms with Gasteiger partial charge < -0.3 is 4.42 Å². The summed E-state index contributed by atoms with van der Waals surface area (Å²) in [5.74, 6) is 5.70. The van der Waals surface area contributed by atoms with Gasteiger partial charge in [-0.2, -0.15) is 0 Å². The van der Waals surface area contributed by atoms with Crippen LogP contribution in [0.5, 0.6) is 0 Å².